The Balaban J connectivity index is 2.87. The average Bonchev–Trinajstić information content (AvgIpc) is 2.37. The summed E-state index contributed by atoms with van der Waals surface area (Å²) >= 11 is 0. The summed E-state index contributed by atoms with van der Waals surface area (Å²) in [6, 6.07) is 6.78. The van der Waals surface area contributed by atoms with Crippen molar-refractivity contribution in [2.45, 2.75) is 18.8 Å². The highest BCUT2D eigenvalue weighted by Gasteiger charge is 2.33. The summed E-state index contributed by atoms with van der Waals surface area (Å²) in [5.74, 6) is -0.542. The van der Waals surface area contributed by atoms with Gasteiger partial charge in [0.1, 0.15) is 0 Å². The number of rotatable bonds is 7. The zero-order valence-corrected chi connectivity index (χ0v) is 10.2. The van der Waals surface area contributed by atoms with Gasteiger partial charge < -0.3 is 9.47 Å². The third kappa shape index (κ3) is 3.61. The number of hydrogen-bond donors (Lipinski definition) is 0. The topological polar surface area (TPSA) is 78.7 Å². The van der Waals surface area contributed by atoms with Gasteiger partial charge in [-0.15, -0.1) is 0 Å². The Labute approximate surface area is 105 Å². The lowest BCUT2D eigenvalue weighted by molar-refractivity contribution is -0.513. The van der Waals surface area contributed by atoms with Gasteiger partial charge in [0.2, 0.25) is 5.78 Å². The molecule has 0 N–H and O–H groups in total. The van der Waals surface area contributed by atoms with Gasteiger partial charge in [-0.2, -0.15) is 0 Å². The summed E-state index contributed by atoms with van der Waals surface area (Å²) in [7, 11) is 2.76. The number of Topliss-reactive ketones (excluding diaryl/α,β-unsaturated/α-hetero) is 1. The highest BCUT2D eigenvalue weighted by atomic mass is 16.7. The van der Waals surface area contributed by atoms with Crippen molar-refractivity contribution >= 4 is 5.78 Å². The maximum Gasteiger partial charge on any atom is 0.295 e. The van der Waals surface area contributed by atoms with Crippen LogP contribution in [0.1, 0.15) is 18.0 Å². The molecule has 0 aromatic heterocycles. The van der Waals surface area contributed by atoms with E-state index in [1.807, 2.05) is 0 Å². The number of ether oxygens (including phenoxy) is 2. The maximum atomic E-state index is 11.9. The SMILES string of the molecule is COC(CC(=O)C(c1ccccc1)[N+](=O)[O-])OC. The lowest BCUT2D eigenvalue weighted by Crippen LogP contribution is -2.26. The molecule has 0 saturated carbocycles. The normalized spacial score (nSPS) is 12.4. The molecule has 0 fully saturated rings. The Bertz CT molecular complexity index is 402. The standard InChI is InChI=1S/C12H15NO5/c1-17-11(18-2)8-10(14)12(13(15)16)9-6-4-3-5-7-9/h3-7,11-12H,8H2,1-2H3. The molecule has 0 spiro atoms. The van der Waals surface area contributed by atoms with Crippen LogP contribution in [0, 0.1) is 10.1 Å². The van der Waals surface area contributed by atoms with Crippen molar-refractivity contribution in [2.75, 3.05) is 14.2 Å². The molecule has 1 unspecified atom stereocenters. The van der Waals surface area contributed by atoms with Gasteiger partial charge in [-0.3, -0.25) is 14.9 Å². The van der Waals surface area contributed by atoms with E-state index >= 15 is 0 Å². The summed E-state index contributed by atoms with van der Waals surface area (Å²) in [4.78, 5) is 22.3. The maximum absolute atomic E-state index is 11.9. The zero-order valence-electron chi connectivity index (χ0n) is 10.2. The minimum Gasteiger partial charge on any atom is -0.355 e. The Morgan fingerprint density at radius 1 is 1.28 bits per heavy atom. The van der Waals surface area contributed by atoms with Crippen molar-refractivity contribution in [3.05, 3.63) is 46.0 Å². The van der Waals surface area contributed by atoms with Crippen LogP contribution in [0.3, 0.4) is 0 Å². The largest absolute Gasteiger partial charge is 0.355 e. The van der Waals surface area contributed by atoms with Crippen molar-refractivity contribution in [3.63, 3.8) is 0 Å². The molecule has 1 atom stereocenters. The zero-order chi connectivity index (χ0) is 13.5. The molecule has 1 aromatic carbocycles. The van der Waals surface area contributed by atoms with Crippen molar-refractivity contribution in [1.82, 2.24) is 0 Å². The van der Waals surface area contributed by atoms with Crippen LogP contribution in [0.4, 0.5) is 0 Å². The van der Waals surface area contributed by atoms with Gasteiger partial charge in [0.05, 0.1) is 6.42 Å². The van der Waals surface area contributed by atoms with Crippen LogP contribution in [-0.2, 0) is 14.3 Å². The molecule has 18 heavy (non-hydrogen) atoms. The molecule has 0 heterocycles. The van der Waals surface area contributed by atoms with Gasteiger partial charge in [-0.05, 0) is 0 Å². The van der Waals surface area contributed by atoms with E-state index in [9.17, 15) is 14.9 Å². The van der Waals surface area contributed by atoms with Crippen LogP contribution < -0.4 is 0 Å². The molecule has 0 aliphatic rings. The Morgan fingerprint density at radius 3 is 2.28 bits per heavy atom. The van der Waals surface area contributed by atoms with Gasteiger partial charge in [0.25, 0.3) is 6.04 Å². The second-order valence-electron chi connectivity index (χ2n) is 3.67. The summed E-state index contributed by atoms with van der Waals surface area (Å²) in [6.45, 7) is 0. The first-order chi connectivity index (χ1) is 8.60. The molecule has 0 aliphatic heterocycles. The van der Waals surface area contributed by atoms with Gasteiger partial charge >= 0.3 is 0 Å². The smallest absolute Gasteiger partial charge is 0.295 e. The second-order valence-corrected chi connectivity index (χ2v) is 3.67. The first-order valence-corrected chi connectivity index (χ1v) is 5.37. The van der Waals surface area contributed by atoms with Gasteiger partial charge in [0.15, 0.2) is 6.29 Å². The monoisotopic (exact) mass is 253 g/mol. The number of nitrogens with zero attached hydrogens (tertiary/aromatic N) is 1. The lowest BCUT2D eigenvalue weighted by Gasteiger charge is -2.14. The number of benzene rings is 1. The van der Waals surface area contributed by atoms with Gasteiger partial charge in [-0.25, -0.2) is 0 Å². The predicted molar refractivity (Wildman–Crippen MR) is 63.6 cm³/mol. The van der Waals surface area contributed by atoms with E-state index in [2.05, 4.69) is 0 Å². The van der Waals surface area contributed by atoms with Gasteiger partial charge in [-0.1, -0.05) is 30.3 Å². The van der Waals surface area contributed by atoms with Crippen molar-refractivity contribution in [1.29, 1.82) is 0 Å². The number of ketones is 1. The van der Waals surface area contributed by atoms with E-state index in [-0.39, 0.29) is 6.42 Å². The first-order valence-electron chi connectivity index (χ1n) is 5.37. The minimum absolute atomic E-state index is 0.159. The molecule has 0 bridgehead atoms. The highest BCUT2D eigenvalue weighted by molar-refractivity contribution is 5.84. The molecular weight excluding hydrogens is 238 g/mol. The van der Waals surface area contributed by atoms with E-state index in [0.717, 1.165) is 0 Å². The van der Waals surface area contributed by atoms with Crippen molar-refractivity contribution in [3.8, 4) is 0 Å². The number of hydrogen-bond acceptors (Lipinski definition) is 5. The van der Waals surface area contributed by atoms with Crippen LogP contribution in [-0.4, -0.2) is 31.2 Å². The van der Waals surface area contributed by atoms with E-state index in [4.69, 9.17) is 9.47 Å². The molecule has 0 radical (unpaired) electrons. The Kier molecular flexibility index (Phi) is 5.41. The van der Waals surface area contributed by atoms with E-state index < -0.39 is 23.0 Å². The van der Waals surface area contributed by atoms with Crippen molar-refractivity contribution < 1.29 is 19.2 Å². The fourth-order valence-electron chi connectivity index (χ4n) is 1.60. The second kappa shape index (κ2) is 6.83. The van der Waals surface area contributed by atoms with E-state index in [1.54, 1.807) is 30.3 Å². The average molecular weight is 253 g/mol. The van der Waals surface area contributed by atoms with Crippen LogP contribution in [0.2, 0.25) is 0 Å². The molecule has 0 amide bonds. The molecule has 6 heteroatoms. The third-order valence-corrected chi connectivity index (χ3v) is 2.52. The molecule has 6 nitrogen and oxygen atoms in total. The summed E-state index contributed by atoms with van der Waals surface area (Å²) in [5.41, 5.74) is 0.360. The van der Waals surface area contributed by atoms with Gasteiger partial charge in [0, 0.05) is 24.7 Å². The molecule has 0 aliphatic carbocycles. The summed E-state index contributed by atoms with van der Waals surface area (Å²) < 4.78 is 9.74. The lowest BCUT2D eigenvalue weighted by atomic mass is 10.0. The molecule has 1 aromatic rings. The van der Waals surface area contributed by atoms with Crippen molar-refractivity contribution in [2.24, 2.45) is 0 Å². The molecular formula is C12H15NO5. The number of nitro groups is 1. The number of methoxy groups -OCH3 is 2. The molecule has 0 saturated heterocycles. The summed E-state index contributed by atoms with van der Waals surface area (Å²) in [5, 5.41) is 11.0. The fraction of sp³-hybridized carbons (Fsp3) is 0.417. The Hall–Kier alpha value is -1.79. The fourth-order valence-corrected chi connectivity index (χ4v) is 1.60. The minimum atomic E-state index is -1.38. The first kappa shape index (κ1) is 14.3. The third-order valence-electron chi connectivity index (χ3n) is 2.52. The number of carbonyl (C=O) groups excluding carboxylic acids is 1. The van der Waals surface area contributed by atoms with Crippen LogP contribution in [0.25, 0.3) is 0 Å². The van der Waals surface area contributed by atoms with Crippen LogP contribution >= 0.6 is 0 Å². The quantitative estimate of drug-likeness (QED) is 0.419. The highest BCUT2D eigenvalue weighted by Crippen LogP contribution is 2.20. The molecule has 98 valence electrons. The van der Waals surface area contributed by atoms with E-state index in [0.29, 0.717) is 5.56 Å². The van der Waals surface area contributed by atoms with Crippen LogP contribution in [0.15, 0.2) is 30.3 Å². The van der Waals surface area contributed by atoms with Crippen LogP contribution in [0.5, 0.6) is 0 Å². The Morgan fingerprint density at radius 2 is 1.83 bits per heavy atom. The number of carbonyl (C=O) groups is 1. The molecule has 1 rings (SSSR count). The van der Waals surface area contributed by atoms with E-state index in [1.165, 1.54) is 14.2 Å². The summed E-state index contributed by atoms with van der Waals surface area (Å²) in [6.07, 6.45) is -0.920. The predicted octanol–water partition coefficient (Wildman–Crippen LogP) is 1.58.